The molecule has 1 saturated heterocycles. The number of piperidine rings is 1. The molecule has 2 heteroatoms. The predicted molar refractivity (Wildman–Crippen MR) is 130 cm³/mol. The van der Waals surface area contributed by atoms with Gasteiger partial charge in [0.15, 0.2) is 0 Å². The Morgan fingerprint density at radius 1 is 0.774 bits per heavy atom. The number of hydrogen-bond acceptors (Lipinski definition) is 1. The fraction of sp³-hybridized carbons (Fsp3) is 0.552. The second-order valence-electron chi connectivity index (χ2n) is 9.99. The van der Waals surface area contributed by atoms with Gasteiger partial charge in [0.05, 0.1) is 0 Å². The van der Waals surface area contributed by atoms with Gasteiger partial charge in [-0.25, -0.2) is 0 Å². The first-order valence-electron chi connectivity index (χ1n) is 12.5. The van der Waals surface area contributed by atoms with Crippen LogP contribution in [0.25, 0.3) is 0 Å². The summed E-state index contributed by atoms with van der Waals surface area (Å²) in [5.74, 6) is 2.12. The van der Waals surface area contributed by atoms with Gasteiger partial charge in [0, 0.05) is 18.2 Å². The Hall–Kier alpha value is -2.09. The van der Waals surface area contributed by atoms with Crippen LogP contribution in [-0.4, -0.2) is 12.5 Å². The Kier molecular flexibility index (Phi) is 7.48. The second kappa shape index (κ2) is 10.5. The molecule has 1 amide bonds. The van der Waals surface area contributed by atoms with Gasteiger partial charge in [-0.15, -0.1) is 0 Å². The molecule has 166 valence electrons. The van der Waals surface area contributed by atoms with E-state index in [4.69, 9.17) is 0 Å². The molecule has 0 spiro atoms. The molecular formula is C29H39NO. The molecule has 3 unspecified atom stereocenters. The van der Waals surface area contributed by atoms with Crippen molar-refractivity contribution in [2.75, 3.05) is 11.4 Å². The number of aryl methyl sites for hydroxylation is 2. The van der Waals surface area contributed by atoms with Gasteiger partial charge in [-0.2, -0.15) is 0 Å². The van der Waals surface area contributed by atoms with Gasteiger partial charge < -0.3 is 4.90 Å². The van der Waals surface area contributed by atoms with Crippen molar-refractivity contribution in [1.29, 1.82) is 0 Å². The maximum Gasteiger partial charge on any atom is 0.230 e. The van der Waals surface area contributed by atoms with Gasteiger partial charge in [-0.3, -0.25) is 4.79 Å². The normalized spacial score (nSPS) is 24.8. The van der Waals surface area contributed by atoms with Crippen LogP contribution in [0, 0.1) is 31.6 Å². The zero-order valence-electron chi connectivity index (χ0n) is 19.5. The van der Waals surface area contributed by atoms with Crippen LogP contribution in [0.5, 0.6) is 0 Å². The maximum absolute atomic E-state index is 13.5. The molecule has 2 aromatic carbocycles. The third kappa shape index (κ3) is 5.40. The van der Waals surface area contributed by atoms with E-state index in [0.717, 1.165) is 43.3 Å². The summed E-state index contributed by atoms with van der Waals surface area (Å²) in [7, 11) is 0. The Morgan fingerprint density at radius 2 is 1.48 bits per heavy atom. The molecule has 3 atom stereocenters. The van der Waals surface area contributed by atoms with E-state index in [0.29, 0.717) is 5.91 Å². The van der Waals surface area contributed by atoms with Crippen LogP contribution in [0.2, 0.25) is 0 Å². The van der Waals surface area contributed by atoms with Crippen LogP contribution in [0.1, 0.15) is 74.5 Å². The highest BCUT2D eigenvalue weighted by atomic mass is 16.2. The second-order valence-corrected chi connectivity index (χ2v) is 9.99. The van der Waals surface area contributed by atoms with E-state index in [1.54, 1.807) is 0 Å². The molecule has 2 aromatic rings. The highest BCUT2D eigenvalue weighted by molar-refractivity contribution is 5.97. The number of nitrogens with zero attached hydrogens (tertiary/aromatic N) is 1. The predicted octanol–water partition coefficient (Wildman–Crippen LogP) is 7.27. The highest BCUT2D eigenvalue weighted by Crippen LogP contribution is 2.37. The van der Waals surface area contributed by atoms with Crippen molar-refractivity contribution < 1.29 is 4.79 Å². The Morgan fingerprint density at radius 3 is 2.23 bits per heavy atom. The molecular weight excluding hydrogens is 378 g/mol. The fourth-order valence-electron chi connectivity index (χ4n) is 6.11. The van der Waals surface area contributed by atoms with E-state index in [-0.39, 0.29) is 5.92 Å². The number of carbonyl (C=O) groups excluding carboxylic acids is 1. The Labute approximate surface area is 189 Å². The van der Waals surface area contributed by atoms with Crippen molar-refractivity contribution in [2.45, 2.75) is 78.1 Å². The Bertz CT molecular complexity index is 838. The summed E-state index contributed by atoms with van der Waals surface area (Å²) in [6.07, 6.45) is 12.5. The zero-order chi connectivity index (χ0) is 21.6. The van der Waals surface area contributed by atoms with E-state index in [1.165, 1.54) is 61.6 Å². The van der Waals surface area contributed by atoms with Crippen molar-refractivity contribution in [1.82, 2.24) is 0 Å². The Balaban J connectivity index is 1.42. The molecule has 2 aliphatic rings. The van der Waals surface area contributed by atoms with Gasteiger partial charge in [-0.1, -0.05) is 74.2 Å². The van der Waals surface area contributed by atoms with Crippen molar-refractivity contribution >= 4 is 11.6 Å². The first-order chi connectivity index (χ1) is 15.1. The molecule has 0 N–H and O–H groups in total. The van der Waals surface area contributed by atoms with Crippen molar-refractivity contribution in [3.05, 3.63) is 65.2 Å². The van der Waals surface area contributed by atoms with Crippen molar-refractivity contribution in [3.8, 4) is 0 Å². The summed E-state index contributed by atoms with van der Waals surface area (Å²) in [6, 6.07) is 17.4. The van der Waals surface area contributed by atoms with Crippen molar-refractivity contribution in [3.63, 3.8) is 0 Å². The van der Waals surface area contributed by atoms with Gasteiger partial charge in [0.2, 0.25) is 5.91 Å². The van der Waals surface area contributed by atoms with Crippen LogP contribution in [-0.2, 0) is 11.2 Å². The smallest absolute Gasteiger partial charge is 0.230 e. The summed E-state index contributed by atoms with van der Waals surface area (Å²) in [4.78, 5) is 15.6. The molecule has 2 nitrogen and oxygen atoms in total. The summed E-state index contributed by atoms with van der Waals surface area (Å²) in [6.45, 7) is 5.15. The van der Waals surface area contributed by atoms with Gasteiger partial charge >= 0.3 is 0 Å². The molecule has 1 heterocycles. The molecule has 4 rings (SSSR count). The van der Waals surface area contributed by atoms with Gasteiger partial charge in [0.25, 0.3) is 0 Å². The zero-order valence-corrected chi connectivity index (χ0v) is 19.5. The average Bonchev–Trinajstić information content (AvgIpc) is 2.99. The van der Waals surface area contributed by atoms with E-state index in [9.17, 15) is 4.79 Å². The maximum atomic E-state index is 13.5. The third-order valence-corrected chi connectivity index (χ3v) is 7.80. The topological polar surface area (TPSA) is 20.3 Å². The van der Waals surface area contributed by atoms with E-state index in [2.05, 4.69) is 67.3 Å². The lowest BCUT2D eigenvalue weighted by atomic mass is 9.78. The SMILES string of the molecule is Cc1cccc(C)c1N1CCCC(CCC2CCCCCC2Cc2ccccc2)C1=O. The minimum absolute atomic E-state index is 0.202. The van der Waals surface area contributed by atoms with Crippen LogP contribution in [0.4, 0.5) is 5.69 Å². The van der Waals surface area contributed by atoms with Gasteiger partial charge in [0.1, 0.15) is 0 Å². The molecule has 1 aliphatic carbocycles. The number of carbonyl (C=O) groups is 1. The van der Waals surface area contributed by atoms with Crippen LogP contribution in [0.3, 0.4) is 0 Å². The molecule has 1 aliphatic heterocycles. The number of amides is 1. The minimum atomic E-state index is 0.202. The quantitative estimate of drug-likeness (QED) is 0.453. The van der Waals surface area contributed by atoms with Crippen molar-refractivity contribution in [2.24, 2.45) is 17.8 Å². The molecule has 31 heavy (non-hydrogen) atoms. The van der Waals surface area contributed by atoms with E-state index >= 15 is 0 Å². The largest absolute Gasteiger partial charge is 0.312 e. The van der Waals surface area contributed by atoms with E-state index < -0.39 is 0 Å². The molecule has 0 radical (unpaired) electrons. The number of anilines is 1. The number of rotatable bonds is 6. The lowest BCUT2D eigenvalue weighted by Crippen LogP contribution is -2.42. The minimum Gasteiger partial charge on any atom is -0.312 e. The lowest BCUT2D eigenvalue weighted by Gasteiger charge is -2.35. The molecule has 0 aromatic heterocycles. The molecule has 0 bridgehead atoms. The summed E-state index contributed by atoms with van der Waals surface area (Å²) in [5.41, 5.74) is 5.09. The first-order valence-corrected chi connectivity index (χ1v) is 12.5. The van der Waals surface area contributed by atoms with E-state index in [1.807, 2.05) is 0 Å². The fourth-order valence-corrected chi connectivity index (χ4v) is 6.11. The van der Waals surface area contributed by atoms with Gasteiger partial charge in [-0.05, 0) is 80.9 Å². The third-order valence-electron chi connectivity index (χ3n) is 7.80. The lowest BCUT2D eigenvalue weighted by molar-refractivity contribution is -0.124. The number of benzene rings is 2. The monoisotopic (exact) mass is 417 g/mol. The summed E-state index contributed by atoms with van der Waals surface area (Å²) >= 11 is 0. The molecule has 2 fully saturated rings. The van der Waals surface area contributed by atoms with Crippen LogP contribution >= 0.6 is 0 Å². The standard InChI is InChI=1S/C29H39NO/c1-22-11-9-12-23(2)28(22)30-20-10-17-26(29(30)31)19-18-25-15-7-4-8-16-27(25)21-24-13-5-3-6-14-24/h3,5-6,9,11-14,25-27H,4,7-8,10,15-21H2,1-2H3. The van der Waals surface area contributed by atoms with Crippen LogP contribution < -0.4 is 4.90 Å². The molecule has 1 saturated carbocycles. The number of para-hydroxylation sites is 1. The summed E-state index contributed by atoms with van der Waals surface area (Å²) in [5, 5.41) is 0. The highest BCUT2D eigenvalue weighted by Gasteiger charge is 2.32. The first kappa shape index (κ1) is 22.1. The average molecular weight is 418 g/mol. The van der Waals surface area contributed by atoms with Crippen LogP contribution in [0.15, 0.2) is 48.5 Å². The number of hydrogen-bond donors (Lipinski definition) is 0. The summed E-state index contributed by atoms with van der Waals surface area (Å²) < 4.78 is 0.